The molecule has 0 spiro atoms. The lowest BCUT2D eigenvalue weighted by Gasteiger charge is -2.13. The largest absolute Gasteiger partial charge is 0.573 e. The minimum absolute atomic E-state index is 0.0148. The van der Waals surface area contributed by atoms with Crippen LogP contribution in [0.4, 0.5) is 13.2 Å². The minimum Gasteiger partial charge on any atom is -0.478 e. The van der Waals surface area contributed by atoms with Crippen LogP contribution in [-0.2, 0) is 0 Å². The van der Waals surface area contributed by atoms with Gasteiger partial charge in [-0.3, -0.25) is 0 Å². The zero-order valence-electron chi connectivity index (χ0n) is 10.6. The number of H-pyrrole nitrogens is 1. The zero-order chi connectivity index (χ0) is 15.8. The number of hydrogen-bond acceptors (Lipinski definition) is 2. The monoisotopic (exact) mass is 363 g/mol. The van der Waals surface area contributed by atoms with E-state index in [1.165, 1.54) is 18.2 Å². The predicted molar refractivity (Wildman–Crippen MR) is 72.3 cm³/mol. The van der Waals surface area contributed by atoms with Crippen molar-refractivity contribution in [1.29, 1.82) is 0 Å². The third-order valence-electron chi connectivity index (χ3n) is 2.71. The lowest BCUT2D eigenvalue weighted by atomic mass is 10.1. The maximum atomic E-state index is 12.4. The van der Waals surface area contributed by atoms with Gasteiger partial charge in [-0.15, -0.1) is 13.2 Å². The second-order valence-electron chi connectivity index (χ2n) is 4.16. The fraction of sp³-hybridized carbons (Fsp3) is 0.154. The molecule has 2 rings (SSSR count). The average molecular weight is 364 g/mol. The molecule has 2 N–H and O–H groups in total. The molecule has 0 unspecified atom stereocenters. The van der Waals surface area contributed by atoms with Gasteiger partial charge in [-0.05, 0) is 35.0 Å². The molecule has 0 atom stereocenters. The Balaban J connectivity index is 2.63. The number of para-hydroxylation sites is 1. The van der Waals surface area contributed by atoms with Crippen molar-refractivity contribution in [2.24, 2.45) is 0 Å². The van der Waals surface area contributed by atoms with Crippen molar-refractivity contribution in [3.05, 3.63) is 40.0 Å². The van der Waals surface area contributed by atoms with Gasteiger partial charge < -0.3 is 14.8 Å². The van der Waals surface area contributed by atoms with Gasteiger partial charge in [-0.1, -0.05) is 12.1 Å². The highest BCUT2D eigenvalue weighted by Crippen LogP contribution is 2.38. The van der Waals surface area contributed by atoms with Crippen LogP contribution in [0, 0.1) is 6.92 Å². The molecule has 0 aliphatic carbocycles. The van der Waals surface area contributed by atoms with Crippen molar-refractivity contribution in [2.75, 3.05) is 0 Å². The summed E-state index contributed by atoms with van der Waals surface area (Å²) in [6.45, 7) is 1.60. The molecule has 0 fully saturated rings. The fourth-order valence-electron chi connectivity index (χ4n) is 1.89. The third-order valence-corrected chi connectivity index (χ3v) is 3.70. The third kappa shape index (κ3) is 3.21. The molecule has 8 heteroatoms. The van der Waals surface area contributed by atoms with Crippen molar-refractivity contribution in [1.82, 2.24) is 4.98 Å². The molecule has 0 aliphatic heterocycles. The molecular weight excluding hydrogens is 355 g/mol. The minimum atomic E-state index is -4.86. The molecule has 0 bridgehead atoms. The summed E-state index contributed by atoms with van der Waals surface area (Å²) in [5.74, 6) is -1.73. The summed E-state index contributed by atoms with van der Waals surface area (Å²) >= 11 is 3.11. The van der Waals surface area contributed by atoms with Crippen molar-refractivity contribution in [2.45, 2.75) is 13.3 Å². The van der Waals surface area contributed by atoms with Crippen LogP contribution in [0.15, 0.2) is 28.7 Å². The first-order valence-electron chi connectivity index (χ1n) is 5.67. The molecule has 112 valence electrons. The van der Waals surface area contributed by atoms with Crippen molar-refractivity contribution in [3.8, 4) is 17.0 Å². The number of aryl methyl sites for hydroxylation is 1. The van der Waals surface area contributed by atoms with E-state index in [1.54, 1.807) is 6.92 Å². The molecule has 1 heterocycles. The highest BCUT2D eigenvalue weighted by atomic mass is 79.9. The average Bonchev–Trinajstić information content (AvgIpc) is 2.64. The van der Waals surface area contributed by atoms with Crippen LogP contribution in [0.3, 0.4) is 0 Å². The van der Waals surface area contributed by atoms with E-state index in [4.69, 9.17) is 0 Å². The first-order valence-corrected chi connectivity index (χ1v) is 6.46. The number of rotatable bonds is 3. The zero-order valence-corrected chi connectivity index (χ0v) is 12.2. The first-order chi connectivity index (χ1) is 9.70. The van der Waals surface area contributed by atoms with Gasteiger partial charge in [0.1, 0.15) is 5.75 Å². The highest BCUT2D eigenvalue weighted by molar-refractivity contribution is 9.10. The molecule has 0 saturated carbocycles. The smallest absolute Gasteiger partial charge is 0.478 e. The van der Waals surface area contributed by atoms with Crippen LogP contribution in [0.5, 0.6) is 5.75 Å². The lowest BCUT2D eigenvalue weighted by molar-refractivity contribution is -0.274. The number of ether oxygens (including phenoxy) is 1. The van der Waals surface area contributed by atoms with E-state index < -0.39 is 18.1 Å². The van der Waals surface area contributed by atoms with E-state index in [2.05, 4.69) is 25.7 Å². The normalized spacial score (nSPS) is 11.5. The Bertz CT molecular complexity index is 694. The highest BCUT2D eigenvalue weighted by Gasteiger charge is 2.33. The van der Waals surface area contributed by atoms with Gasteiger partial charge in [0, 0.05) is 11.3 Å². The number of carbonyl (C=O) groups is 1. The Kier molecular flexibility index (Phi) is 3.99. The molecule has 4 nitrogen and oxygen atoms in total. The predicted octanol–water partition coefficient (Wildman–Crippen LogP) is 4.35. The Morgan fingerprint density at radius 3 is 2.52 bits per heavy atom. The molecular formula is C13H9BrF3NO3. The number of aromatic amines is 1. The van der Waals surface area contributed by atoms with Gasteiger partial charge in [0.2, 0.25) is 0 Å². The number of benzene rings is 1. The number of carboxylic acid groups (broad SMARTS) is 1. The second kappa shape index (κ2) is 5.44. The first kappa shape index (κ1) is 15.4. The summed E-state index contributed by atoms with van der Waals surface area (Å²) < 4.78 is 41.5. The van der Waals surface area contributed by atoms with Crippen LogP contribution in [0.2, 0.25) is 0 Å². The molecule has 0 aliphatic rings. The number of aromatic nitrogens is 1. The van der Waals surface area contributed by atoms with E-state index >= 15 is 0 Å². The molecule has 1 aromatic carbocycles. The number of halogens is 4. The fourth-order valence-corrected chi connectivity index (χ4v) is 2.36. The van der Waals surface area contributed by atoms with E-state index in [9.17, 15) is 23.1 Å². The second-order valence-corrected chi connectivity index (χ2v) is 4.96. The Hall–Kier alpha value is -1.96. The Labute approximate surface area is 125 Å². The van der Waals surface area contributed by atoms with E-state index in [1.807, 2.05) is 0 Å². The topological polar surface area (TPSA) is 62.3 Å². The van der Waals surface area contributed by atoms with Crippen LogP contribution >= 0.6 is 15.9 Å². The number of alkyl halides is 3. The quantitative estimate of drug-likeness (QED) is 0.851. The molecule has 2 aromatic rings. The van der Waals surface area contributed by atoms with Gasteiger partial charge in [0.05, 0.1) is 15.7 Å². The van der Waals surface area contributed by atoms with Gasteiger partial charge in [0.25, 0.3) is 0 Å². The summed E-state index contributed by atoms with van der Waals surface area (Å²) in [5.41, 5.74) is 0.405. The van der Waals surface area contributed by atoms with Crippen LogP contribution in [-0.4, -0.2) is 22.4 Å². The van der Waals surface area contributed by atoms with E-state index in [0.717, 1.165) is 6.07 Å². The van der Waals surface area contributed by atoms with Crippen molar-refractivity contribution < 1.29 is 27.8 Å². The van der Waals surface area contributed by atoms with Crippen LogP contribution in [0.25, 0.3) is 11.3 Å². The van der Waals surface area contributed by atoms with E-state index in [0.29, 0.717) is 5.69 Å². The van der Waals surface area contributed by atoms with Gasteiger partial charge in [-0.25, -0.2) is 4.79 Å². The SMILES string of the molecule is Cc1[nH]c(-c2ccccc2OC(F)(F)F)c(C(=O)O)c1Br. The molecule has 0 amide bonds. The Morgan fingerprint density at radius 1 is 1.33 bits per heavy atom. The van der Waals surface area contributed by atoms with Crippen molar-refractivity contribution in [3.63, 3.8) is 0 Å². The summed E-state index contributed by atoms with van der Waals surface area (Å²) in [5, 5.41) is 9.23. The van der Waals surface area contributed by atoms with E-state index in [-0.39, 0.29) is 21.3 Å². The van der Waals surface area contributed by atoms with Crippen LogP contribution < -0.4 is 4.74 Å². The number of carboxylic acids is 1. The maximum absolute atomic E-state index is 12.4. The van der Waals surface area contributed by atoms with Gasteiger partial charge in [0.15, 0.2) is 0 Å². The summed E-state index contributed by atoms with van der Waals surface area (Å²) in [7, 11) is 0. The number of hydrogen-bond donors (Lipinski definition) is 2. The summed E-state index contributed by atoms with van der Waals surface area (Å²) in [4.78, 5) is 14.1. The summed E-state index contributed by atoms with van der Waals surface area (Å²) in [6, 6.07) is 5.34. The standard InChI is InChI=1S/C13H9BrF3NO3/c1-6-10(14)9(12(19)20)11(18-6)7-4-2-3-5-8(7)21-13(15,16)17/h2-5,18H,1H3,(H,19,20). The Morgan fingerprint density at radius 2 is 1.95 bits per heavy atom. The number of aromatic carboxylic acids is 1. The van der Waals surface area contributed by atoms with Gasteiger partial charge in [-0.2, -0.15) is 0 Å². The molecule has 1 aromatic heterocycles. The maximum Gasteiger partial charge on any atom is 0.573 e. The van der Waals surface area contributed by atoms with Gasteiger partial charge >= 0.3 is 12.3 Å². The lowest BCUT2D eigenvalue weighted by Crippen LogP contribution is -2.17. The van der Waals surface area contributed by atoms with Crippen LogP contribution in [0.1, 0.15) is 16.1 Å². The molecule has 21 heavy (non-hydrogen) atoms. The molecule has 0 saturated heterocycles. The molecule has 0 radical (unpaired) electrons. The summed E-state index contributed by atoms with van der Waals surface area (Å²) in [6.07, 6.45) is -4.86. The van der Waals surface area contributed by atoms with Crippen molar-refractivity contribution >= 4 is 21.9 Å². The number of nitrogens with one attached hydrogen (secondary N) is 1.